The number of hydrogen-bond donors (Lipinski definition) is 1. The Morgan fingerprint density at radius 3 is 2.74 bits per heavy atom. The molecule has 10 heteroatoms. The summed E-state index contributed by atoms with van der Waals surface area (Å²) in [5.41, 5.74) is 2.78. The van der Waals surface area contributed by atoms with Crippen molar-refractivity contribution in [3.8, 4) is 5.75 Å². The van der Waals surface area contributed by atoms with Crippen molar-refractivity contribution in [2.45, 2.75) is 71.2 Å². The summed E-state index contributed by atoms with van der Waals surface area (Å²) in [6.07, 6.45) is 4.52. The summed E-state index contributed by atoms with van der Waals surface area (Å²) in [4.78, 5) is 26.9. The highest BCUT2D eigenvalue weighted by molar-refractivity contribution is 7.99. The molecule has 2 heterocycles. The SMILES string of the molecule is C=CCn1c(COc2ccc(C(C)C)cc2)nnc1SCC(=O)Nc1sc2c(c1C(=O)OCC)CCC(C)C2. The van der Waals surface area contributed by atoms with Crippen molar-refractivity contribution in [1.29, 1.82) is 0 Å². The van der Waals surface area contributed by atoms with Crippen molar-refractivity contribution in [2.75, 3.05) is 17.7 Å². The smallest absolute Gasteiger partial charge is 0.341 e. The molecule has 208 valence electrons. The molecule has 1 aromatic carbocycles. The number of anilines is 1. The molecule has 0 bridgehead atoms. The summed E-state index contributed by atoms with van der Waals surface area (Å²) >= 11 is 2.77. The van der Waals surface area contributed by atoms with Gasteiger partial charge in [-0.05, 0) is 61.3 Å². The van der Waals surface area contributed by atoms with E-state index in [9.17, 15) is 9.59 Å². The lowest BCUT2D eigenvalue weighted by molar-refractivity contribution is -0.113. The number of aromatic nitrogens is 3. The maximum Gasteiger partial charge on any atom is 0.341 e. The fourth-order valence-corrected chi connectivity index (χ4v) is 6.67. The van der Waals surface area contributed by atoms with Gasteiger partial charge in [0.25, 0.3) is 0 Å². The first kappa shape index (κ1) is 28.9. The predicted molar refractivity (Wildman–Crippen MR) is 156 cm³/mol. The molecule has 1 N–H and O–H groups in total. The van der Waals surface area contributed by atoms with Gasteiger partial charge in [-0.2, -0.15) is 0 Å². The van der Waals surface area contributed by atoms with E-state index in [0.29, 0.717) is 39.9 Å². The third kappa shape index (κ3) is 7.10. The Morgan fingerprint density at radius 1 is 1.28 bits per heavy atom. The third-order valence-corrected chi connectivity index (χ3v) is 8.73. The number of thiophene rings is 1. The molecule has 0 saturated heterocycles. The Labute approximate surface area is 238 Å². The predicted octanol–water partition coefficient (Wildman–Crippen LogP) is 6.26. The van der Waals surface area contributed by atoms with Crippen LogP contribution in [0.25, 0.3) is 0 Å². The van der Waals surface area contributed by atoms with Gasteiger partial charge in [-0.25, -0.2) is 4.79 Å². The molecule has 2 aromatic heterocycles. The monoisotopic (exact) mass is 568 g/mol. The average molecular weight is 569 g/mol. The number of carbonyl (C=O) groups is 2. The Bertz CT molecular complexity index is 1310. The average Bonchev–Trinajstić information content (AvgIpc) is 3.46. The Kier molecular flexibility index (Phi) is 9.85. The molecule has 0 saturated carbocycles. The molecule has 0 fully saturated rings. The van der Waals surface area contributed by atoms with Crippen LogP contribution in [0.1, 0.15) is 72.2 Å². The van der Waals surface area contributed by atoms with E-state index < -0.39 is 0 Å². The fraction of sp³-hybridized carbons (Fsp3) is 0.448. The molecule has 1 amide bonds. The van der Waals surface area contributed by atoms with Gasteiger partial charge in [0.15, 0.2) is 11.0 Å². The van der Waals surface area contributed by atoms with E-state index in [4.69, 9.17) is 9.47 Å². The van der Waals surface area contributed by atoms with Crippen LogP contribution in [0, 0.1) is 5.92 Å². The number of thioether (sulfide) groups is 1. The number of nitrogens with one attached hydrogen (secondary N) is 1. The van der Waals surface area contributed by atoms with Crippen LogP contribution in [0.3, 0.4) is 0 Å². The molecule has 3 aromatic rings. The lowest BCUT2D eigenvalue weighted by Crippen LogP contribution is -2.18. The maximum atomic E-state index is 13.0. The zero-order valence-corrected chi connectivity index (χ0v) is 24.6. The minimum absolute atomic E-state index is 0.119. The van der Waals surface area contributed by atoms with Crippen LogP contribution in [-0.4, -0.2) is 39.0 Å². The molecule has 0 spiro atoms. The highest BCUT2D eigenvalue weighted by Gasteiger charge is 2.29. The van der Waals surface area contributed by atoms with Crippen LogP contribution >= 0.6 is 23.1 Å². The van der Waals surface area contributed by atoms with Gasteiger partial charge < -0.3 is 14.8 Å². The van der Waals surface area contributed by atoms with Gasteiger partial charge in [0.1, 0.15) is 17.4 Å². The summed E-state index contributed by atoms with van der Waals surface area (Å²) in [5, 5.41) is 12.7. The molecule has 0 radical (unpaired) electrons. The summed E-state index contributed by atoms with van der Waals surface area (Å²) in [7, 11) is 0. The molecule has 1 aliphatic carbocycles. The number of hydrogen-bond acceptors (Lipinski definition) is 8. The summed E-state index contributed by atoms with van der Waals surface area (Å²) in [5.74, 6) is 1.95. The second-order valence-corrected chi connectivity index (χ2v) is 12.0. The van der Waals surface area contributed by atoms with Crippen molar-refractivity contribution in [3.05, 3.63) is 64.3 Å². The van der Waals surface area contributed by atoms with E-state index in [0.717, 1.165) is 35.5 Å². The van der Waals surface area contributed by atoms with Gasteiger partial charge in [-0.3, -0.25) is 9.36 Å². The van der Waals surface area contributed by atoms with E-state index in [1.807, 2.05) is 16.7 Å². The van der Waals surface area contributed by atoms with Crippen LogP contribution in [0.2, 0.25) is 0 Å². The largest absolute Gasteiger partial charge is 0.486 e. The highest BCUT2D eigenvalue weighted by Crippen LogP contribution is 2.40. The molecule has 1 aliphatic rings. The first-order valence-electron chi connectivity index (χ1n) is 13.3. The Hall–Kier alpha value is -3.11. The number of carbonyl (C=O) groups excluding carboxylic acids is 2. The van der Waals surface area contributed by atoms with Gasteiger partial charge in [-0.15, -0.1) is 28.1 Å². The lowest BCUT2D eigenvalue weighted by atomic mass is 9.88. The second kappa shape index (κ2) is 13.3. The molecule has 4 rings (SSSR count). The van der Waals surface area contributed by atoms with Crippen LogP contribution in [0.15, 0.2) is 42.1 Å². The second-order valence-electron chi connectivity index (χ2n) is 9.92. The number of amides is 1. The van der Waals surface area contributed by atoms with E-state index in [2.05, 4.69) is 55.0 Å². The van der Waals surface area contributed by atoms with E-state index in [1.165, 1.54) is 28.7 Å². The van der Waals surface area contributed by atoms with Gasteiger partial charge >= 0.3 is 5.97 Å². The number of fused-ring (bicyclic) bond motifs is 1. The number of nitrogens with zero attached hydrogens (tertiary/aromatic N) is 3. The van der Waals surface area contributed by atoms with Gasteiger partial charge in [0.05, 0.1) is 17.9 Å². The molecule has 0 aliphatic heterocycles. The normalized spacial score (nSPS) is 14.6. The minimum Gasteiger partial charge on any atom is -0.486 e. The quantitative estimate of drug-likeness (QED) is 0.157. The van der Waals surface area contributed by atoms with Crippen molar-refractivity contribution >= 4 is 40.0 Å². The summed E-state index contributed by atoms with van der Waals surface area (Å²) in [6, 6.07) is 8.03. The van der Waals surface area contributed by atoms with Gasteiger partial charge in [-0.1, -0.05) is 50.7 Å². The van der Waals surface area contributed by atoms with E-state index >= 15 is 0 Å². The molecule has 1 atom stereocenters. The third-order valence-electron chi connectivity index (χ3n) is 6.60. The van der Waals surface area contributed by atoms with Crippen molar-refractivity contribution in [2.24, 2.45) is 5.92 Å². The van der Waals surface area contributed by atoms with Crippen LogP contribution < -0.4 is 10.1 Å². The fourth-order valence-electron chi connectivity index (χ4n) is 4.49. The highest BCUT2D eigenvalue weighted by atomic mass is 32.2. The van der Waals surface area contributed by atoms with E-state index in [-0.39, 0.29) is 30.8 Å². The molecular weight excluding hydrogens is 532 g/mol. The van der Waals surface area contributed by atoms with E-state index in [1.54, 1.807) is 13.0 Å². The number of allylic oxidation sites excluding steroid dienone is 1. The molecule has 8 nitrogen and oxygen atoms in total. The Morgan fingerprint density at radius 2 is 2.05 bits per heavy atom. The molecule has 39 heavy (non-hydrogen) atoms. The zero-order valence-electron chi connectivity index (χ0n) is 23.0. The topological polar surface area (TPSA) is 95.3 Å². The first-order valence-corrected chi connectivity index (χ1v) is 15.1. The number of rotatable bonds is 12. The number of benzene rings is 1. The number of esters is 1. The summed E-state index contributed by atoms with van der Waals surface area (Å²) < 4.78 is 13.2. The van der Waals surface area contributed by atoms with Crippen molar-refractivity contribution < 1.29 is 19.1 Å². The molecular formula is C29H36N4O4S2. The van der Waals surface area contributed by atoms with Crippen molar-refractivity contribution in [3.63, 3.8) is 0 Å². The standard InChI is InChI=1S/C29H36N4O4S2/c1-6-14-33-24(16-37-21-11-9-20(10-12-21)18(3)4)31-32-29(33)38-17-25(34)30-27-26(28(35)36-7-2)22-13-8-19(5)15-23(22)39-27/h6,9-12,18-19H,1,7-8,13-17H2,2-5H3,(H,30,34). The molecule has 1 unspecified atom stereocenters. The lowest BCUT2D eigenvalue weighted by Gasteiger charge is -2.18. The number of ether oxygens (including phenoxy) is 2. The van der Waals surface area contributed by atoms with Crippen LogP contribution in [0.4, 0.5) is 5.00 Å². The summed E-state index contributed by atoms with van der Waals surface area (Å²) in [6.45, 7) is 13.2. The maximum absolute atomic E-state index is 13.0. The van der Waals surface area contributed by atoms with Crippen LogP contribution in [0.5, 0.6) is 5.75 Å². The van der Waals surface area contributed by atoms with Gasteiger partial charge in [0.2, 0.25) is 5.91 Å². The zero-order chi connectivity index (χ0) is 27.9. The Balaban J connectivity index is 1.41. The first-order chi connectivity index (χ1) is 18.8. The van der Waals surface area contributed by atoms with Crippen molar-refractivity contribution in [1.82, 2.24) is 14.8 Å². The minimum atomic E-state index is -0.373. The van der Waals surface area contributed by atoms with Gasteiger partial charge in [0, 0.05) is 11.4 Å². The van der Waals surface area contributed by atoms with Crippen LogP contribution in [-0.2, 0) is 35.5 Å².